The highest BCUT2D eigenvalue weighted by Crippen LogP contribution is 2.61. The van der Waals surface area contributed by atoms with Crippen LogP contribution in [-0.2, 0) is 27.2 Å². The normalized spacial score (nSPS) is 43.8. The third-order valence-electron chi connectivity index (χ3n) is 6.36. The number of halogens is 1. The summed E-state index contributed by atoms with van der Waals surface area (Å²) in [4.78, 5) is 41.3. The van der Waals surface area contributed by atoms with Gasteiger partial charge >= 0.3 is 15.6 Å². The third-order valence-corrected chi connectivity index (χ3v) is 9.53. The maximum absolute atomic E-state index is 13.2. The highest BCUT2D eigenvalue weighted by atomic mass is 79.9. The molecule has 0 aromatic carbocycles. The van der Waals surface area contributed by atoms with Crippen LogP contribution >= 0.6 is 31.6 Å². The zero-order chi connectivity index (χ0) is 26.2. The van der Waals surface area contributed by atoms with E-state index >= 15 is 0 Å². The van der Waals surface area contributed by atoms with E-state index < -0.39 is 83.1 Å². The lowest BCUT2D eigenvalue weighted by atomic mass is 10.1. The van der Waals surface area contributed by atoms with Crippen LogP contribution in [0.2, 0.25) is 0 Å². The highest BCUT2D eigenvalue weighted by Gasteiger charge is 2.48. The van der Waals surface area contributed by atoms with E-state index in [9.17, 15) is 44.1 Å². The molecule has 0 spiro atoms. The first-order chi connectivity index (χ1) is 16.8. The minimum Gasteiger partial charge on any atom is -0.390 e. The number of nitrogens with zero attached hydrogens (tertiary/aromatic N) is 4. The monoisotopic (exact) mass is 618 g/mol. The first-order valence-electron chi connectivity index (χ1n) is 10.5. The summed E-state index contributed by atoms with van der Waals surface area (Å²) < 4.78 is 45.9. The Morgan fingerprint density at radius 1 is 1.00 bits per heavy atom. The molecule has 20 heteroatoms. The fraction of sp³-hybridized carbons (Fsp3) is 0.688. The maximum Gasteiger partial charge on any atom is 0.481 e. The first-order valence-corrected chi connectivity index (χ1v) is 14.3. The van der Waals surface area contributed by atoms with Crippen molar-refractivity contribution >= 4 is 42.7 Å². The minimum absolute atomic E-state index is 0.00810. The fourth-order valence-corrected chi connectivity index (χ4v) is 7.26. The number of imidazole rings is 1. The lowest BCUT2D eigenvalue weighted by Gasteiger charge is -2.21. The molecule has 3 aliphatic heterocycles. The standard InChI is InChI=1S/C16H21BrN4O13P2/c17-16-19-8-13-18-4-20(14(8)26)6-1-5(9(22)10(6)23)2-31-35(27,28)34-36(29,30)32-3-7-11(24)12(25)15(33-7)21(13)16/h4-7,9-12,15,22-25H,1-3H2,(H,27,28)(H,29,30)/t5-,6-,7-,9-,10+,11-,12-,15-/m1/s1. The SMILES string of the molecule is O=c1c2nc(Br)n3c2ncn1[C@@H]1C[C@H](COP(=O)(O)OP(=O)(O)OC[C@H]2O[C@@H]3[C@H](O)[C@@H]2O)[C@@H](O)[C@H]1O. The van der Waals surface area contributed by atoms with Crippen LogP contribution in [0.15, 0.2) is 15.9 Å². The van der Waals surface area contributed by atoms with Gasteiger partial charge in [-0.15, -0.1) is 0 Å². The number of hydrogen-bond donors (Lipinski definition) is 6. The fourth-order valence-electron chi connectivity index (χ4n) is 4.57. The Morgan fingerprint density at radius 3 is 2.36 bits per heavy atom. The van der Waals surface area contributed by atoms with Crippen molar-refractivity contribution < 1.29 is 57.4 Å². The zero-order valence-electron chi connectivity index (χ0n) is 17.9. The lowest BCUT2D eigenvalue weighted by Crippen LogP contribution is -2.35. The Hall–Kier alpha value is -1.11. The van der Waals surface area contributed by atoms with Crippen LogP contribution in [-0.4, -0.2) is 93.0 Å². The van der Waals surface area contributed by atoms with Gasteiger partial charge in [-0.3, -0.25) is 23.0 Å². The number of aromatic nitrogens is 4. The average molecular weight is 619 g/mol. The van der Waals surface area contributed by atoms with Crippen LogP contribution in [0.5, 0.6) is 0 Å². The summed E-state index contributed by atoms with van der Waals surface area (Å²) in [5.41, 5.74) is -0.943. The lowest BCUT2D eigenvalue weighted by molar-refractivity contribution is -0.0514. The molecule has 0 amide bonds. The molecule has 0 radical (unpaired) electrons. The summed E-state index contributed by atoms with van der Waals surface area (Å²) in [6.45, 7) is -1.55. The van der Waals surface area contributed by atoms with Crippen molar-refractivity contribution in [1.29, 1.82) is 0 Å². The van der Waals surface area contributed by atoms with Gasteiger partial charge in [0.05, 0.1) is 25.4 Å². The van der Waals surface area contributed by atoms with Crippen molar-refractivity contribution in [3.05, 3.63) is 21.4 Å². The molecule has 1 saturated heterocycles. The Labute approximate surface area is 209 Å². The molecule has 17 nitrogen and oxygen atoms in total. The Bertz CT molecular complexity index is 1340. The largest absolute Gasteiger partial charge is 0.481 e. The van der Waals surface area contributed by atoms with E-state index in [1.165, 1.54) is 4.57 Å². The Balaban J connectivity index is 1.61. The summed E-state index contributed by atoms with van der Waals surface area (Å²) in [6, 6.07) is -1.04. The number of hydrogen-bond acceptors (Lipinski definition) is 13. The van der Waals surface area contributed by atoms with Crippen LogP contribution in [0, 0.1) is 5.92 Å². The molecule has 2 fully saturated rings. The van der Waals surface area contributed by atoms with Crippen LogP contribution in [0.25, 0.3) is 11.2 Å². The van der Waals surface area contributed by atoms with E-state index in [2.05, 4.69) is 34.7 Å². The maximum atomic E-state index is 13.2. The smallest absolute Gasteiger partial charge is 0.390 e. The van der Waals surface area contributed by atoms with Gasteiger partial charge in [0.15, 0.2) is 22.1 Å². The summed E-state index contributed by atoms with van der Waals surface area (Å²) in [5, 5.41) is 41.9. The van der Waals surface area contributed by atoms with Crippen molar-refractivity contribution in [3.63, 3.8) is 0 Å². The Kier molecular flexibility index (Phi) is 6.82. The van der Waals surface area contributed by atoms with Crippen molar-refractivity contribution in [2.75, 3.05) is 13.2 Å². The summed E-state index contributed by atoms with van der Waals surface area (Å²) in [5.74, 6) is -0.978. The number of phosphoric ester groups is 2. The molecule has 6 N–H and O–H groups in total. The molecule has 1 saturated carbocycles. The second-order valence-corrected chi connectivity index (χ2v) is 12.3. The van der Waals surface area contributed by atoms with E-state index in [0.29, 0.717) is 0 Å². The van der Waals surface area contributed by atoms with Crippen LogP contribution in [0.4, 0.5) is 0 Å². The third kappa shape index (κ3) is 4.53. The second-order valence-electron chi connectivity index (χ2n) is 8.58. The molecule has 200 valence electrons. The van der Waals surface area contributed by atoms with Crippen LogP contribution in [0.3, 0.4) is 0 Å². The second kappa shape index (κ2) is 9.27. The number of ether oxygens (including phenoxy) is 1. The van der Waals surface area contributed by atoms with Gasteiger partial charge in [0.2, 0.25) is 0 Å². The molecular formula is C16H21BrN4O13P2. The van der Waals surface area contributed by atoms with Gasteiger partial charge in [0, 0.05) is 5.92 Å². The number of fused-ring (bicyclic) bond motifs is 7. The van der Waals surface area contributed by atoms with Gasteiger partial charge in [-0.1, -0.05) is 0 Å². The van der Waals surface area contributed by atoms with Gasteiger partial charge in [-0.05, 0) is 22.4 Å². The number of rotatable bonds is 0. The van der Waals surface area contributed by atoms with Gasteiger partial charge in [0.1, 0.15) is 30.7 Å². The molecule has 2 aromatic rings. The van der Waals surface area contributed by atoms with Gasteiger partial charge < -0.3 is 34.9 Å². The molecule has 5 heterocycles. The number of aliphatic hydroxyl groups excluding tert-OH is 4. The van der Waals surface area contributed by atoms with Crippen molar-refractivity contribution in [2.24, 2.45) is 5.92 Å². The average Bonchev–Trinajstić information content (AvgIpc) is 3.37. The molecule has 4 aliphatic rings. The minimum atomic E-state index is -5.24. The molecule has 36 heavy (non-hydrogen) atoms. The van der Waals surface area contributed by atoms with E-state index in [1.807, 2.05) is 0 Å². The Morgan fingerprint density at radius 2 is 1.67 bits per heavy atom. The van der Waals surface area contributed by atoms with Gasteiger partial charge in [-0.2, -0.15) is 4.31 Å². The molecule has 1 aliphatic carbocycles. The molecule has 2 aromatic heterocycles. The van der Waals surface area contributed by atoms with E-state index in [0.717, 1.165) is 10.9 Å². The number of aliphatic hydroxyl groups is 4. The first kappa shape index (κ1) is 26.5. The van der Waals surface area contributed by atoms with E-state index in [-0.39, 0.29) is 22.3 Å². The van der Waals surface area contributed by atoms with Gasteiger partial charge in [-0.25, -0.2) is 19.1 Å². The van der Waals surface area contributed by atoms with E-state index in [4.69, 9.17) is 9.26 Å². The molecule has 8 bridgehead atoms. The number of phosphoric acid groups is 2. The van der Waals surface area contributed by atoms with Crippen molar-refractivity contribution in [3.8, 4) is 0 Å². The molecule has 2 unspecified atom stereocenters. The summed E-state index contributed by atoms with van der Waals surface area (Å²) in [6.07, 6.45) is -8.12. The highest BCUT2D eigenvalue weighted by molar-refractivity contribution is 9.10. The van der Waals surface area contributed by atoms with Crippen molar-refractivity contribution in [1.82, 2.24) is 19.1 Å². The summed E-state index contributed by atoms with van der Waals surface area (Å²) >= 11 is 3.16. The van der Waals surface area contributed by atoms with E-state index in [1.54, 1.807) is 0 Å². The van der Waals surface area contributed by atoms with Crippen LogP contribution in [0.1, 0.15) is 18.7 Å². The molecule has 10 atom stereocenters. The predicted octanol–water partition coefficient (Wildman–Crippen LogP) is -1.48. The molecular weight excluding hydrogens is 598 g/mol. The van der Waals surface area contributed by atoms with Crippen molar-refractivity contribution in [2.45, 2.75) is 49.2 Å². The zero-order valence-corrected chi connectivity index (χ0v) is 21.3. The topological polar surface area (TPSA) is 245 Å². The van der Waals surface area contributed by atoms with Gasteiger partial charge in [0.25, 0.3) is 5.56 Å². The predicted molar refractivity (Wildman–Crippen MR) is 117 cm³/mol. The van der Waals surface area contributed by atoms with Crippen LogP contribution < -0.4 is 5.56 Å². The summed E-state index contributed by atoms with van der Waals surface area (Å²) in [7, 11) is -10.5. The quantitative estimate of drug-likeness (QED) is 0.146. The molecule has 6 rings (SSSR count).